The van der Waals surface area contributed by atoms with E-state index in [1.165, 1.54) is 6.07 Å². The Morgan fingerprint density at radius 2 is 1.89 bits per heavy atom. The first-order valence-electron chi connectivity index (χ1n) is 8.56. The topological polar surface area (TPSA) is 58.6 Å². The fourth-order valence-corrected chi connectivity index (χ4v) is 2.71. The summed E-state index contributed by atoms with van der Waals surface area (Å²) in [5.41, 5.74) is 3.51. The van der Waals surface area contributed by atoms with Crippen molar-refractivity contribution < 1.29 is 19.0 Å². The summed E-state index contributed by atoms with van der Waals surface area (Å²) in [5, 5.41) is 12.3. The second-order valence-electron chi connectivity index (χ2n) is 6.22. The molecule has 0 aliphatic carbocycles. The van der Waals surface area contributed by atoms with Crippen molar-refractivity contribution in [2.45, 2.75) is 20.1 Å². The van der Waals surface area contributed by atoms with Gasteiger partial charge >= 0.3 is 5.97 Å². The molecule has 0 amide bonds. The first-order valence-corrected chi connectivity index (χ1v) is 8.56. The smallest absolute Gasteiger partial charge is 0.335 e. The average molecular weight is 365 g/mol. The molecule has 0 aromatic heterocycles. The van der Waals surface area contributed by atoms with Crippen molar-refractivity contribution >= 4 is 11.7 Å². The second-order valence-corrected chi connectivity index (χ2v) is 6.22. The third kappa shape index (κ3) is 4.85. The molecular formula is C22H20FNO3. The highest BCUT2D eigenvalue weighted by molar-refractivity contribution is 5.88. The van der Waals surface area contributed by atoms with Gasteiger partial charge in [-0.25, -0.2) is 9.18 Å². The monoisotopic (exact) mass is 365 g/mol. The zero-order valence-corrected chi connectivity index (χ0v) is 14.9. The largest absolute Gasteiger partial charge is 0.489 e. The number of nitrogens with one attached hydrogen (secondary N) is 1. The molecular weight excluding hydrogens is 345 g/mol. The van der Waals surface area contributed by atoms with E-state index >= 15 is 0 Å². The molecule has 0 unspecified atom stereocenters. The van der Waals surface area contributed by atoms with Crippen LogP contribution in [0.1, 0.15) is 27.0 Å². The number of carboxylic acid groups (broad SMARTS) is 1. The number of carbonyl (C=O) groups is 1. The Hall–Kier alpha value is -3.34. The maximum absolute atomic E-state index is 13.7. The Labute approximate surface area is 157 Å². The summed E-state index contributed by atoms with van der Waals surface area (Å²) in [6.07, 6.45) is 0. The van der Waals surface area contributed by atoms with Crippen molar-refractivity contribution in [1.82, 2.24) is 0 Å². The summed E-state index contributed by atoms with van der Waals surface area (Å²) in [4.78, 5) is 11.0. The van der Waals surface area contributed by atoms with Crippen molar-refractivity contribution in [3.63, 3.8) is 0 Å². The van der Waals surface area contributed by atoms with Gasteiger partial charge in [0.25, 0.3) is 0 Å². The highest BCUT2D eigenvalue weighted by Crippen LogP contribution is 2.20. The maximum Gasteiger partial charge on any atom is 0.335 e. The molecule has 5 heteroatoms. The number of halogens is 1. The van der Waals surface area contributed by atoms with E-state index in [1.807, 2.05) is 31.2 Å². The SMILES string of the molecule is Cc1cc(C(=O)O)ccc1NCc1cccc(OCc2ccccc2F)c1. The van der Waals surface area contributed by atoms with Gasteiger partial charge in [0.15, 0.2) is 0 Å². The Kier molecular flexibility index (Phi) is 5.71. The van der Waals surface area contributed by atoms with Crippen LogP contribution in [0.25, 0.3) is 0 Å². The van der Waals surface area contributed by atoms with Crippen molar-refractivity contribution in [2.24, 2.45) is 0 Å². The molecule has 0 bridgehead atoms. The summed E-state index contributed by atoms with van der Waals surface area (Å²) in [6, 6.07) is 19.1. The Bertz CT molecular complexity index is 956. The number of benzene rings is 3. The Balaban J connectivity index is 1.62. The molecule has 0 spiro atoms. The molecule has 0 saturated heterocycles. The van der Waals surface area contributed by atoms with Crippen LogP contribution in [-0.4, -0.2) is 11.1 Å². The molecule has 0 heterocycles. The Morgan fingerprint density at radius 1 is 1.07 bits per heavy atom. The van der Waals surface area contributed by atoms with Crippen LogP contribution >= 0.6 is 0 Å². The van der Waals surface area contributed by atoms with Crippen molar-refractivity contribution in [1.29, 1.82) is 0 Å². The second kappa shape index (κ2) is 8.36. The van der Waals surface area contributed by atoms with Crippen molar-refractivity contribution in [3.8, 4) is 5.75 Å². The molecule has 138 valence electrons. The molecule has 0 fully saturated rings. The number of aromatic carboxylic acids is 1. The van der Waals surface area contributed by atoms with Gasteiger partial charge in [-0.1, -0.05) is 30.3 Å². The molecule has 0 aliphatic rings. The van der Waals surface area contributed by atoms with E-state index in [9.17, 15) is 9.18 Å². The van der Waals surface area contributed by atoms with Crippen molar-refractivity contribution in [3.05, 3.63) is 94.8 Å². The van der Waals surface area contributed by atoms with Gasteiger partial charge < -0.3 is 15.2 Å². The molecule has 2 N–H and O–H groups in total. The zero-order chi connectivity index (χ0) is 19.2. The number of aryl methyl sites for hydroxylation is 1. The lowest BCUT2D eigenvalue weighted by molar-refractivity contribution is 0.0697. The minimum absolute atomic E-state index is 0.166. The van der Waals surface area contributed by atoms with Crippen LogP contribution in [-0.2, 0) is 13.2 Å². The van der Waals surface area contributed by atoms with E-state index in [0.717, 1.165) is 16.8 Å². The molecule has 0 aliphatic heterocycles. The van der Waals surface area contributed by atoms with Gasteiger partial charge in [0.05, 0.1) is 5.56 Å². The summed E-state index contributed by atoms with van der Waals surface area (Å²) in [6.45, 7) is 2.59. The fourth-order valence-electron chi connectivity index (χ4n) is 2.71. The van der Waals surface area contributed by atoms with Crippen LogP contribution in [0, 0.1) is 12.7 Å². The van der Waals surface area contributed by atoms with Crippen LogP contribution in [0.4, 0.5) is 10.1 Å². The van der Waals surface area contributed by atoms with Crippen LogP contribution in [0.15, 0.2) is 66.7 Å². The van der Waals surface area contributed by atoms with Gasteiger partial charge in [-0.05, 0) is 54.4 Å². The fraction of sp³-hybridized carbons (Fsp3) is 0.136. The Morgan fingerprint density at radius 3 is 2.63 bits per heavy atom. The average Bonchev–Trinajstić information content (AvgIpc) is 2.66. The predicted molar refractivity (Wildman–Crippen MR) is 103 cm³/mol. The van der Waals surface area contributed by atoms with E-state index in [1.54, 1.807) is 36.4 Å². The normalized spacial score (nSPS) is 10.4. The molecule has 4 nitrogen and oxygen atoms in total. The molecule has 3 rings (SSSR count). The summed E-state index contributed by atoms with van der Waals surface area (Å²) >= 11 is 0. The highest BCUT2D eigenvalue weighted by Gasteiger charge is 2.06. The molecule has 0 radical (unpaired) electrons. The number of hydrogen-bond acceptors (Lipinski definition) is 3. The summed E-state index contributed by atoms with van der Waals surface area (Å²) < 4.78 is 19.4. The number of rotatable bonds is 7. The molecule has 3 aromatic carbocycles. The maximum atomic E-state index is 13.7. The number of hydrogen-bond donors (Lipinski definition) is 2. The van der Waals surface area contributed by atoms with Crippen LogP contribution in [0.5, 0.6) is 5.75 Å². The van der Waals surface area contributed by atoms with E-state index in [4.69, 9.17) is 9.84 Å². The third-order valence-electron chi connectivity index (χ3n) is 4.21. The lowest BCUT2D eigenvalue weighted by atomic mass is 10.1. The van der Waals surface area contributed by atoms with E-state index in [2.05, 4.69) is 5.32 Å². The van der Waals surface area contributed by atoms with E-state index in [-0.39, 0.29) is 18.0 Å². The van der Waals surface area contributed by atoms with Crippen molar-refractivity contribution in [2.75, 3.05) is 5.32 Å². The molecule has 0 atom stereocenters. The van der Waals surface area contributed by atoms with Gasteiger partial charge in [0.2, 0.25) is 0 Å². The first kappa shape index (κ1) is 18.5. The van der Waals surface area contributed by atoms with Gasteiger partial charge in [-0.15, -0.1) is 0 Å². The molecule has 27 heavy (non-hydrogen) atoms. The zero-order valence-electron chi connectivity index (χ0n) is 14.9. The minimum atomic E-state index is -0.940. The predicted octanol–water partition coefficient (Wildman–Crippen LogP) is 5.02. The number of ether oxygens (including phenoxy) is 1. The lowest BCUT2D eigenvalue weighted by Crippen LogP contribution is -2.04. The molecule has 3 aromatic rings. The molecule has 0 saturated carbocycles. The third-order valence-corrected chi connectivity index (χ3v) is 4.21. The van der Waals surface area contributed by atoms with Crippen LogP contribution in [0.3, 0.4) is 0 Å². The first-order chi connectivity index (χ1) is 13.0. The highest BCUT2D eigenvalue weighted by atomic mass is 19.1. The van der Waals surface area contributed by atoms with Gasteiger partial charge in [-0.3, -0.25) is 0 Å². The number of carboxylic acids is 1. The summed E-state index contributed by atoms with van der Waals surface area (Å²) in [7, 11) is 0. The quantitative estimate of drug-likeness (QED) is 0.617. The van der Waals surface area contributed by atoms with E-state index < -0.39 is 5.97 Å². The minimum Gasteiger partial charge on any atom is -0.489 e. The van der Waals surface area contributed by atoms with Gasteiger partial charge in [0, 0.05) is 17.8 Å². The van der Waals surface area contributed by atoms with Gasteiger partial charge in [0.1, 0.15) is 18.2 Å². The summed E-state index contributed by atoms with van der Waals surface area (Å²) in [5.74, 6) is -0.560. The van der Waals surface area contributed by atoms with Crippen LogP contribution < -0.4 is 10.1 Å². The number of anilines is 1. The lowest BCUT2D eigenvalue weighted by Gasteiger charge is -2.12. The van der Waals surface area contributed by atoms with Gasteiger partial charge in [-0.2, -0.15) is 0 Å². The van der Waals surface area contributed by atoms with E-state index in [0.29, 0.717) is 17.9 Å². The standard InChI is InChI=1S/C22H20FNO3/c1-15-11-17(22(25)26)9-10-21(15)24-13-16-5-4-7-19(12-16)27-14-18-6-2-3-8-20(18)23/h2-12,24H,13-14H2,1H3,(H,25,26). The van der Waals surface area contributed by atoms with Crippen LogP contribution in [0.2, 0.25) is 0 Å².